The summed E-state index contributed by atoms with van der Waals surface area (Å²) in [4.78, 5) is 18.4. The van der Waals surface area contributed by atoms with Crippen LogP contribution in [0.1, 0.15) is 34.7 Å². The molecule has 0 aromatic carbocycles. The molecule has 0 spiro atoms. The molecule has 3 aliphatic heterocycles. The Labute approximate surface area is 170 Å². The molecular formula is C18H26IN3O4. The molecule has 4 rings (SSSR count). The Morgan fingerprint density at radius 3 is 2.58 bits per heavy atom. The zero-order valence-electron chi connectivity index (χ0n) is 15.4. The molecule has 4 heterocycles. The van der Waals surface area contributed by atoms with Crippen molar-refractivity contribution in [1.29, 1.82) is 0 Å². The Bertz CT molecular complexity index is 687. The first-order valence-electron chi connectivity index (χ1n) is 8.89. The van der Waals surface area contributed by atoms with Crippen LogP contribution in [0.5, 0.6) is 0 Å². The molecule has 0 amide bonds. The lowest BCUT2D eigenvalue weighted by molar-refractivity contribution is 0.0598. The number of rotatable bonds is 3. The van der Waals surface area contributed by atoms with Crippen LogP contribution in [0, 0.1) is 18.8 Å². The van der Waals surface area contributed by atoms with E-state index in [4.69, 9.17) is 13.9 Å². The Balaban J connectivity index is 0.00000196. The van der Waals surface area contributed by atoms with Gasteiger partial charge in [0.2, 0.25) is 0 Å². The summed E-state index contributed by atoms with van der Waals surface area (Å²) in [6.07, 6.45) is 3.28. The second-order valence-corrected chi connectivity index (χ2v) is 7.10. The molecule has 26 heavy (non-hydrogen) atoms. The summed E-state index contributed by atoms with van der Waals surface area (Å²) in [7, 11) is 3.17. The van der Waals surface area contributed by atoms with Gasteiger partial charge in [0.25, 0.3) is 0 Å². The van der Waals surface area contributed by atoms with E-state index in [9.17, 15) is 4.79 Å². The van der Waals surface area contributed by atoms with E-state index in [2.05, 4.69) is 15.2 Å². The second kappa shape index (κ2) is 7.75. The molecule has 1 aromatic heterocycles. The summed E-state index contributed by atoms with van der Waals surface area (Å²) < 4.78 is 16.5. The lowest BCUT2D eigenvalue weighted by atomic mass is 9.82. The maximum atomic E-state index is 11.7. The number of halogens is 1. The Hall–Kier alpha value is -1.29. The maximum Gasteiger partial charge on any atom is 0.341 e. The number of fused-ring (bicyclic) bond motifs is 5. The number of nitrogens with one attached hydrogen (secondary N) is 1. The number of methoxy groups -OCH3 is 1. The van der Waals surface area contributed by atoms with Gasteiger partial charge in [-0.3, -0.25) is 4.99 Å². The number of hydrogen-bond acceptors (Lipinski definition) is 5. The third kappa shape index (κ3) is 3.33. The number of carbonyl (C=O) groups is 1. The van der Waals surface area contributed by atoms with Gasteiger partial charge in [-0.15, -0.1) is 24.0 Å². The largest absolute Gasteiger partial charge is 0.465 e. The van der Waals surface area contributed by atoms with Crippen molar-refractivity contribution in [3.63, 3.8) is 0 Å². The first kappa shape index (κ1) is 19.5. The highest BCUT2D eigenvalue weighted by molar-refractivity contribution is 14.0. The van der Waals surface area contributed by atoms with Crippen LogP contribution in [-0.2, 0) is 16.0 Å². The summed E-state index contributed by atoms with van der Waals surface area (Å²) in [5, 5.41) is 3.35. The van der Waals surface area contributed by atoms with E-state index in [0.717, 1.165) is 19.0 Å². The Morgan fingerprint density at radius 2 is 2.00 bits per heavy atom. The number of likely N-dealkylation sites (tertiary alicyclic amines) is 1. The van der Waals surface area contributed by atoms with Crippen molar-refractivity contribution in [2.24, 2.45) is 16.8 Å². The molecule has 3 fully saturated rings. The minimum Gasteiger partial charge on any atom is -0.465 e. The predicted octanol–water partition coefficient (Wildman–Crippen LogP) is 2.18. The summed E-state index contributed by atoms with van der Waals surface area (Å²) in [5.74, 6) is 3.04. The van der Waals surface area contributed by atoms with Gasteiger partial charge in [-0.1, -0.05) is 0 Å². The Morgan fingerprint density at radius 1 is 1.35 bits per heavy atom. The van der Waals surface area contributed by atoms with Crippen molar-refractivity contribution in [2.45, 2.75) is 38.5 Å². The van der Waals surface area contributed by atoms with E-state index in [1.165, 1.54) is 20.0 Å². The normalized spacial score (nSPS) is 29.5. The molecule has 4 atom stereocenters. The summed E-state index contributed by atoms with van der Waals surface area (Å²) >= 11 is 0. The zero-order chi connectivity index (χ0) is 17.6. The molecule has 0 aliphatic carbocycles. The third-order valence-corrected chi connectivity index (χ3v) is 5.76. The van der Waals surface area contributed by atoms with Gasteiger partial charge in [0, 0.05) is 32.0 Å². The fourth-order valence-electron chi connectivity index (χ4n) is 4.57. The van der Waals surface area contributed by atoms with Crippen molar-refractivity contribution < 1.29 is 18.7 Å². The van der Waals surface area contributed by atoms with E-state index >= 15 is 0 Å². The van der Waals surface area contributed by atoms with Gasteiger partial charge in [0.1, 0.15) is 17.1 Å². The van der Waals surface area contributed by atoms with E-state index < -0.39 is 0 Å². The first-order chi connectivity index (χ1) is 12.1. The molecule has 1 aromatic rings. The molecule has 2 bridgehead atoms. The van der Waals surface area contributed by atoms with Gasteiger partial charge in [-0.25, -0.2) is 4.79 Å². The summed E-state index contributed by atoms with van der Waals surface area (Å²) in [6.45, 7) is 4.24. The van der Waals surface area contributed by atoms with Crippen molar-refractivity contribution >= 4 is 35.9 Å². The highest BCUT2D eigenvalue weighted by atomic mass is 127. The quantitative estimate of drug-likeness (QED) is 0.313. The molecule has 8 heteroatoms. The smallest absolute Gasteiger partial charge is 0.341 e. The molecule has 0 saturated carbocycles. The maximum absolute atomic E-state index is 11.7. The van der Waals surface area contributed by atoms with Crippen LogP contribution in [0.4, 0.5) is 0 Å². The van der Waals surface area contributed by atoms with Gasteiger partial charge in [-0.05, 0) is 25.8 Å². The topological polar surface area (TPSA) is 76.3 Å². The number of ether oxygens (including phenoxy) is 2. The van der Waals surface area contributed by atoms with Crippen LogP contribution < -0.4 is 5.32 Å². The lowest BCUT2D eigenvalue weighted by Crippen LogP contribution is -2.40. The number of aliphatic imine (C=N–C) groups is 1. The van der Waals surface area contributed by atoms with Crippen LogP contribution in [-0.4, -0.2) is 56.3 Å². The fourth-order valence-corrected chi connectivity index (χ4v) is 4.57. The van der Waals surface area contributed by atoms with Crippen molar-refractivity contribution in [1.82, 2.24) is 10.2 Å². The number of hydrogen-bond donors (Lipinski definition) is 1. The third-order valence-electron chi connectivity index (χ3n) is 5.76. The number of carbonyl (C=O) groups excluding carboxylic acids is 1. The van der Waals surface area contributed by atoms with E-state index in [1.54, 1.807) is 20.0 Å². The lowest BCUT2D eigenvalue weighted by Gasteiger charge is -2.23. The van der Waals surface area contributed by atoms with Crippen molar-refractivity contribution in [2.75, 3.05) is 27.2 Å². The molecule has 1 N–H and O–H groups in total. The molecular weight excluding hydrogens is 449 g/mol. The van der Waals surface area contributed by atoms with Gasteiger partial charge in [0.05, 0.1) is 25.9 Å². The van der Waals surface area contributed by atoms with Crippen LogP contribution >= 0.6 is 24.0 Å². The summed E-state index contributed by atoms with van der Waals surface area (Å²) in [5.41, 5.74) is 0.471. The molecule has 3 aliphatic rings. The van der Waals surface area contributed by atoms with E-state index in [1.807, 2.05) is 0 Å². The van der Waals surface area contributed by atoms with Gasteiger partial charge in [-0.2, -0.15) is 0 Å². The molecule has 3 saturated heterocycles. The number of esters is 1. The standard InChI is InChI=1S/C18H25N3O4.HI/c1-10-12(17(22)23-3)6-11(24-10)7-20-18(19-2)21-8-13-14(9-21)16-5-4-15(13)25-16;/h6,13-16H,4-5,7-9H2,1-3H3,(H,19,20);1H. The van der Waals surface area contributed by atoms with E-state index in [-0.39, 0.29) is 29.9 Å². The Kier molecular flexibility index (Phi) is 5.81. The monoisotopic (exact) mass is 475 g/mol. The second-order valence-electron chi connectivity index (χ2n) is 7.10. The molecule has 4 unspecified atom stereocenters. The molecule has 144 valence electrons. The number of furan rings is 1. The SMILES string of the molecule is CN=C(NCc1cc(C(=O)OC)c(C)o1)N1CC2C3CCC(O3)C2C1.I. The predicted molar refractivity (Wildman–Crippen MR) is 107 cm³/mol. The van der Waals surface area contributed by atoms with Crippen molar-refractivity contribution in [3.05, 3.63) is 23.2 Å². The minimum absolute atomic E-state index is 0. The average molecular weight is 475 g/mol. The van der Waals surface area contributed by atoms with Gasteiger partial charge >= 0.3 is 5.97 Å². The van der Waals surface area contributed by atoms with Crippen molar-refractivity contribution in [3.8, 4) is 0 Å². The highest BCUT2D eigenvalue weighted by Gasteiger charge is 2.53. The zero-order valence-corrected chi connectivity index (χ0v) is 17.7. The van der Waals surface area contributed by atoms with Gasteiger partial charge in [0.15, 0.2) is 5.96 Å². The number of aryl methyl sites for hydroxylation is 1. The number of nitrogens with zero attached hydrogens (tertiary/aromatic N) is 2. The van der Waals surface area contributed by atoms with Crippen LogP contribution in [0.15, 0.2) is 15.5 Å². The summed E-state index contributed by atoms with van der Waals surface area (Å²) in [6, 6.07) is 1.73. The number of guanidine groups is 1. The molecule has 7 nitrogen and oxygen atoms in total. The van der Waals surface area contributed by atoms with Gasteiger partial charge < -0.3 is 24.1 Å². The fraction of sp³-hybridized carbons (Fsp3) is 0.667. The first-order valence-corrected chi connectivity index (χ1v) is 8.89. The highest BCUT2D eigenvalue weighted by Crippen LogP contribution is 2.47. The van der Waals surface area contributed by atoms with E-state index in [0.29, 0.717) is 47.7 Å². The van der Waals surface area contributed by atoms with Crippen LogP contribution in [0.25, 0.3) is 0 Å². The average Bonchev–Trinajstić information content (AvgIpc) is 3.36. The minimum atomic E-state index is -0.375. The molecule has 0 radical (unpaired) electrons. The van der Waals surface area contributed by atoms with Crippen LogP contribution in [0.2, 0.25) is 0 Å². The van der Waals surface area contributed by atoms with Crippen LogP contribution in [0.3, 0.4) is 0 Å².